The lowest BCUT2D eigenvalue weighted by Gasteiger charge is -2.56. The van der Waals surface area contributed by atoms with Crippen LogP contribution >= 0.6 is 11.6 Å². The van der Waals surface area contributed by atoms with Crippen molar-refractivity contribution in [1.82, 2.24) is 15.3 Å². The van der Waals surface area contributed by atoms with E-state index in [-0.39, 0.29) is 5.02 Å². The van der Waals surface area contributed by atoms with Crippen molar-refractivity contribution >= 4 is 28.9 Å². The van der Waals surface area contributed by atoms with Crippen LogP contribution in [-0.4, -0.2) is 36.1 Å². The van der Waals surface area contributed by atoms with Gasteiger partial charge in [0.2, 0.25) is 0 Å². The molecule has 5 nitrogen and oxygen atoms in total. The second kappa shape index (κ2) is 6.97. The molecule has 5 rings (SSSR count). The van der Waals surface area contributed by atoms with Crippen LogP contribution in [0.2, 0.25) is 5.02 Å². The van der Waals surface area contributed by atoms with Gasteiger partial charge in [-0.05, 0) is 30.7 Å². The number of aryl methyl sites for hydroxylation is 1. The first-order valence-electron chi connectivity index (χ1n) is 9.64. The Morgan fingerprint density at radius 2 is 1.90 bits per heavy atom. The average molecular weight is 410 g/mol. The smallest absolute Gasteiger partial charge is 0.164 e. The van der Waals surface area contributed by atoms with Crippen molar-refractivity contribution in [3.63, 3.8) is 0 Å². The molecule has 0 aliphatic carbocycles. The van der Waals surface area contributed by atoms with Gasteiger partial charge in [0.05, 0.1) is 5.02 Å². The summed E-state index contributed by atoms with van der Waals surface area (Å²) in [4.78, 5) is 11.9. The van der Waals surface area contributed by atoms with Gasteiger partial charge in [-0.1, -0.05) is 35.9 Å². The Kier molecular flexibility index (Phi) is 4.41. The number of halogens is 2. The second-order valence-corrected chi connectivity index (χ2v) is 8.37. The molecular weight excluding hydrogens is 389 g/mol. The van der Waals surface area contributed by atoms with Gasteiger partial charge in [0.1, 0.15) is 17.5 Å². The monoisotopic (exact) mass is 409 g/mol. The van der Waals surface area contributed by atoms with Crippen LogP contribution in [0.5, 0.6) is 0 Å². The van der Waals surface area contributed by atoms with Gasteiger partial charge >= 0.3 is 0 Å². The lowest BCUT2D eigenvalue weighted by atomic mass is 9.74. The van der Waals surface area contributed by atoms with Gasteiger partial charge in [-0.3, -0.25) is 0 Å². The predicted molar refractivity (Wildman–Crippen MR) is 114 cm³/mol. The van der Waals surface area contributed by atoms with Crippen molar-refractivity contribution in [2.45, 2.75) is 6.92 Å². The van der Waals surface area contributed by atoms with Gasteiger partial charge in [0.15, 0.2) is 5.82 Å². The van der Waals surface area contributed by atoms with Crippen LogP contribution in [0, 0.1) is 18.2 Å². The molecule has 2 saturated heterocycles. The molecule has 2 aliphatic heterocycles. The van der Waals surface area contributed by atoms with Gasteiger partial charge in [-0.15, -0.1) is 0 Å². The highest BCUT2D eigenvalue weighted by Gasteiger charge is 2.48. The van der Waals surface area contributed by atoms with Crippen molar-refractivity contribution in [3.05, 3.63) is 64.9 Å². The highest BCUT2D eigenvalue weighted by atomic mass is 35.5. The number of nitrogens with zero attached hydrogens (tertiary/aromatic N) is 3. The lowest BCUT2D eigenvalue weighted by Crippen LogP contribution is -2.71. The molecule has 3 heterocycles. The molecule has 7 heteroatoms. The zero-order valence-electron chi connectivity index (χ0n) is 16.0. The van der Waals surface area contributed by atoms with Crippen LogP contribution in [0.1, 0.15) is 5.56 Å². The first-order chi connectivity index (χ1) is 14.0. The summed E-state index contributed by atoms with van der Waals surface area (Å²) in [6.07, 6.45) is 0. The Morgan fingerprint density at radius 1 is 1.10 bits per heavy atom. The standard InChI is InChI=1S/C22H21ClFN5/c1-14-4-2-3-5-16(14)21-27-19(26-15-6-7-18(24)17(23)8-15)9-20(28-21)29-12-22(13-29)10-25-11-22/h2-9,25H,10-13H2,1H3,(H,26,27,28). The number of benzene rings is 2. The fraction of sp³-hybridized carbons (Fsp3) is 0.273. The fourth-order valence-electron chi connectivity index (χ4n) is 3.95. The minimum Gasteiger partial charge on any atom is -0.355 e. The Bertz CT molecular complexity index is 1070. The molecule has 0 bridgehead atoms. The molecule has 2 N–H and O–H groups in total. The van der Waals surface area contributed by atoms with E-state index >= 15 is 0 Å². The Labute approximate surface area is 173 Å². The quantitative estimate of drug-likeness (QED) is 0.669. The predicted octanol–water partition coefficient (Wildman–Crippen LogP) is 4.40. The summed E-state index contributed by atoms with van der Waals surface area (Å²) in [5, 5.41) is 6.69. The van der Waals surface area contributed by atoms with E-state index < -0.39 is 5.82 Å². The van der Waals surface area contributed by atoms with Crippen molar-refractivity contribution in [1.29, 1.82) is 0 Å². The number of rotatable bonds is 4. The average Bonchev–Trinajstić information content (AvgIpc) is 2.63. The largest absolute Gasteiger partial charge is 0.355 e. The molecule has 0 atom stereocenters. The first-order valence-corrected chi connectivity index (χ1v) is 10.0. The molecule has 2 aromatic carbocycles. The van der Waals surface area contributed by atoms with E-state index in [9.17, 15) is 4.39 Å². The molecule has 2 aliphatic rings. The lowest BCUT2D eigenvalue weighted by molar-refractivity contribution is 0.120. The molecule has 148 valence electrons. The van der Waals surface area contributed by atoms with Crippen molar-refractivity contribution < 1.29 is 4.39 Å². The number of hydrogen-bond donors (Lipinski definition) is 2. The van der Waals surface area contributed by atoms with Gasteiger partial charge in [-0.2, -0.15) is 0 Å². The molecule has 0 amide bonds. The van der Waals surface area contributed by atoms with Gasteiger partial charge < -0.3 is 15.5 Å². The van der Waals surface area contributed by atoms with Gasteiger partial charge in [0, 0.05) is 48.9 Å². The summed E-state index contributed by atoms with van der Waals surface area (Å²) in [6, 6.07) is 14.6. The zero-order chi connectivity index (χ0) is 20.0. The van der Waals surface area contributed by atoms with E-state index in [0.29, 0.717) is 22.7 Å². The molecule has 0 radical (unpaired) electrons. The summed E-state index contributed by atoms with van der Waals surface area (Å²) in [5.41, 5.74) is 3.19. The van der Waals surface area contributed by atoms with E-state index in [1.54, 1.807) is 12.1 Å². The van der Waals surface area contributed by atoms with Crippen molar-refractivity contribution in [3.8, 4) is 11.4 Å². The third kappa shape index (κ3) is 3.43. The van der Waals surface area contributed by atoms with Crippen LogP contribution in [-0.2, 0) is 0 Å². The topological polar surface area (TPSA) is 53.1 Å². The molecule has 0 saturated carbocycles. The summed E-state index contributed by atoms with van der Waals surface area (Å²) in [7, 11) is 0. The van der Waals surface area contributed by atoms with Gasteiger partial charge in [-0.25, -0.2) is 14.4 Å². The molecular formula is C22H21ClFN5. The Hall–Kier alpha value is -2.70. The van der Waals surface area contributed by atoms with Crippen LogP contribution in [0.25, 0.3) is 11.4 Å². The van der Waals surface area contributed by atoms with Crippen LogP contribution in [0.3, 0.4) is 0 Å². The highest BCUT2D eigenvalue weighted by Crippen LogP contribution is 2.38. The van der Waals surface area contributed by atoms with E-state index in [0.717, 1.165) is 43.1 Å². The van der Waals surface area contributed by atoms with Crippen molar-refractivity contribution in [2.75, 3.05) is 36.4 Å². The maximum atomic E-state index is 13.5. The van der Waals surface area contributed by atoms with Crippen LogP contribution in [0.15, 0.2) is 48.5 Å². The van der Waals surface area contributed by atoms with E-state index in [4.69, 9.17) is 21.6 Å². The molecule has 1 aromatic heterocycles. The third-order valence-electron chi connectivity index (χ3n) is 5.67. The van der Waals surface area contributed by atoms with Crippen LogP contribution in [0.4, 0.5) is 21.7 Å². The molecule has 0 unspecified atom stereocenters. The number of aromatic nitrogens is 2. The van der Waals surface area contributed by atoms with E-state index in [1.807, 2.05) is 24.3 Å². The number of hydrogen-bond acceptors (Lipinski definition) is 5. The third-order valence-corrected chi connectivity index (χ3v) is 5.96. The van der Waals surface area contributed by atoms with Gasteiger partial charge in [0.25, 0.3) is 0 Å². The minimum atomic E-state index is -0.443. The molecule has 2 fully saturated rings. The zero-order valence-corrected chi connectivity index (χ0v) is 16.8. The normalized spacial score (nSPS) is 17.0. The Balaban J connectivity index is 1.51. The molecule has 29 heavy (non-hydrogen) atoms. The summed E-state index contributed by atoms with van der Waals surface area (Å²) < 4.78 is 13.5. The van der Waals surface area contributed by atoms with E-state index in [2.05, 4.69) is 28.5 Å². The van der Waals surface area contributed by atoms with Crippen molar-refractivity contribution in [2.24, 2.45) is 5.41 Å². The minimum absolute atomic E-state index is 0.0746. The number of anilines is 3. The maximum absolute atomic E-state index is 13.5. The fourth-order valence-corrected chi connectivity index (χ4v) is 4.13. The summed E-state index contributed by atoms with van der Waals surface area (Å²) in [6.45, 7) is 6.17. The summed E-state index contributed by atoms with van der Waals surface area (Å²) in [5.74, 6) is 1.78. The highest BCUT2D eigenvalue weighted by molar-refractivity contribution is 6.31. The van der Waals surface area contributed by atoms with E-state index in [1.165, 1.54) is 6.07 Å². The molecule has 1 spiro atoms. The van der Waals surface area contributed by atoms with Crippen LogP contribution < -0.4 is 15.5 Å². The maximum Gasteiger partial charge on any atom is 0.164 e. The molecule has 3 aromatic rings. The SMILES string of the molecule is Cc1ccccc1-c1nc(Nc2ccc(F)c(Cl)c2)cc(N2CC3(CNC3)C2)n1. The summed E-state index contributed by atoms with van der Waals surface area (Å²) >= 11 is 5.93. The second-order valence-electron chi connectivity index (χ2n) is 7.96. The Morgan fingerprint density at radius 3 is 2.59 bits per heavy atom. The number of nitrogens with one attached hydrogen (secondary N) is 2. The first kappa shape index (κ1) is 18.3.